The number of amides is 1. The van der Waals surface area contributed by atoms with Crippen molar-refractivity contribution in [1.29, 1.82) is 0 Å². The number of H-pyrrole nitrogens is 1. The van der Waals surface area contributed by atoms with E-state index in [2.05, 4.69) is 23.7 Å². The Hall–Kier alpha value is -2.13. The molecule has 1 atom stereocenters. The molecule has 2 aliphatic heterocycles. The first kappa shape index (κ1) is 24.0. The molecule has 180 valence electrons. The molecular weight excluding hydrogens is 444 g/mol. The molecule has 0 unspecified atom stereocenters. The summed E-state index contributed by atoms with van der Waals surface area (Å²) in [6, 6.07) is 7.25. The van der Waals surface area contributed by atoms with E-state index in [1.54, 1.807) is 12.1 Å². The summed E-state index contributed by atoms with van der Waals surface area (Å²) in [5.41, 5.74) is 1.39. The second kappa shape index (κ2) is 10.9. The second-order valence-electron chi connectivity index (χ2n) is 8.76. The predicted octanol–water partition coefficient (Wildman–Crippen LogP) is 2.83. The summed E-state index contributed by atoms with van der Waals surface area (Å²) in [5, 5.41) is 0.653. The summed E-state index contributed by atoms with van der Waals surface area (Å²) < 4.78 is 17.8. The van der Waals surface area contributed by atoms with Crippen molar-refractivity contribution >= 4 is 17.5 Å². The van der Waals surface area contributed by atoms with Gasteiger partial charge in [-0.15, -0.1) is 0 Å². The van der Waals surface area contributed by atoms with Crippen molar-refractivity contribution in [3.63, 3.8) is 0 Å². The first-order valence-corrected chi connectivity index (χ1v) is 12.0. The number of hydrogen-bond acceptors (Lipinski definition) is 6. The molecule has 0 aliphatic carbocycles. The van der Waals surface area contributed by atoms with Crippen LogP contribution in [0.1, 0.15) is 30.6 Å². The van der Waals surface area contributed by atoms with Crippen molar-refractivity contribution in [1.82, 2.24) is 19.8 Å². The van der Waals surface area contributed by atoms with Gasteiger partial charge in [0, 0.05) is 49.9 Å². The fourth-order valence-electron chi connectivity index (χ4n) is 4.35. The van der Waals surface area contributed by atoms with Gasteiger partial charge in [0.2, 0.25) is 5.91 Å². The summed E-state index contributed by atoms with van der Waals surface area (Å²) in [7, 11) is 0. The molecule has 33 heavy (non-hydrogen) atoms. The number of nitrogens with zero attached hydrogens (tertiary/aromatic N) is 3. The largest absolute Gasteiger partial charge is 0.491 e. The minimum Gasteiger partial charge on any atom is -0.491 e. The summed E-state index contributed by atoms with van der Waals surface area (Å²) in [6.45, 7) is 9.41. The maximum absolute atomic E-state index is 13.2. The number of carbonyl (C=O) groups excluding carboxylic acids is 1. The van der Waals surface area contributed by atoms with E-state index in [1.165, 1.54) is 0 Å². The summed E-state index contributed by atoms with van der Waals surface area (Å²) in [4.78, 5) is 25.4. The molecule has 0 spiro atoms. The third-order valence-corrected chi connectivity index (χ3v) is 6.48. The fraction of sp³-hybridized carbons (Fsp3) is 0.583. The molecule has 0 saturated carbocycles. The molecule has 1 amide bonds. The van der Waals surface area contributed by atoms with E-state index in [1.807, 2.05) is 17.0 Å². The smallest absolute Gasteiger partial charge is 0.225 e. The van der Waals surface area contributed by atoms with Gasteiger partial charge in [0.1, 0.15) is 23.8 Å². The number of rotatable bonds is 8. The quantitative estimate of drug-likeness (QED) is 0.631. The van der Waals surface area contributed by atoms with E-state index >= 15 is 0 Å². The Labute approximate surface area is 200 Å². The lowest BCUT2D eigenvalue weighted by Gasteiger charge is -2.43. The van der Waals surface area contributed by atoms with Gasteiger partial charge in [-0.25, -0.2) is 4.98 Å². The average Bonchev–Trinajstić information content (AvgIpc) is 3.18. The number of imidazole rings is 1. The van der Waals surface area contributed by atoms with Gasteiger partial charge in [0.25, 0.3) is 0 Å². The highest BCUT2D eigenvalue weighted by molar-refractivity contribution is 6.30. The van der Waals surface area contributed by atoms with Crippen LogP contribution in [0.25, 0.3) is 0 Å². The Morgan fingerprint density at radius 2 is 1.97 bits per heavy atom. The normalized spacial score (nSPS) is 21.8. The van der Waals surface area contributed by atoms with Crippen molar-refractivity contribution in [2.45, 2.75) is 38.8 Å². The lowest BCUT2D eigenvalue weighted by molar-refractivity contribution is -0.159. The zero-order valence-corrected chi connectivity index (χ0v) is 20.2. The number of morpholine rings is 2. The Morgan fingerprint density at radius 3 is 2.67 bits per heavy atom. The van der Waals surface area contributed by atoms with Crippen LogP contribution in [0.2, 0.25) is 5.02 Å². The molecule has 4 rings (SSSR count). The van der Waals surface area contributed by atoms with Crippen LogP contribution in [-0.4, -0.2) is 83.9 Å². The number of aromatic nitrogens is 2. The average molecular weight is 477 g/mol. The van der Waals surface area contributed by atoms with Crippen molar-refractivity contribution in [2.24, 2.45) is 0 Å². The summed E-state index contributed by atoms with van der Waals surface area (Å²) in [6.07, 6.45) is 1.13. The number of hydrogen-bond donors (Lipinski definition) is 1. The van der Waals surface area contributed by atoms with Crippen LogP contribution >= 0.6 is 11.6 Å². The van der Waals surface area contributed by atoms with Crippen LogP contribution < -0.4 is 4.74 Å². The fourth-order valence-corrected chi connectivity index (χ4v) is 4.47. The van der Waals surface area contributed by atoms with Crippen LogP contribution in [0.3, 0.4) is 0 Å². The van der Waals surface area contributed by atoms with Crippen LogP contribution in [0.5, 0.6) is 5.75 Å². The number of aryl methyl sites for hydroxylation is 2. The highest BCUT2D eigenvalue weighted by Gasteiger charge is 2.41. The number of benzene rings is 1. The molecule has 0 bridgehead atoms. The highest BCUT2D eigenvalue weighted by Crippen LogP contribution is 2.27. The molecule has 1 aromatic carbocycles. The van der Waals surface area contributed by atoms with Gasteiger partial charge in [0.15, 0.2) is 0 Å². The number of carbonyl (C=O) groups is 1. The highest BCUT2D eigenvalue weighted by atomic mass is 35.5. The molecule has 8 nitrogen and oxygen atoms in total. The van der Waals surface area contributed by atoms with Gasteiger partial charge in [-0.3, -0.25) is 9.69 Å². The van der Waals surface area contributed by atoms with Crippen LogP contribution in [0.4, 0.5) is 0 Å². The Bertz CT molecular complexity index is 929. The summed E-state index contributed by atoms with van der Waals surface area (Å²) in [5.74, 6) is 1.77. The van der Waals surface area contributed by atoms with Gasteiger partial charge in [-0.2, -0.15) is 0 Å². The van der Waals surface area contributed by atoms with Crippen molar-refractivity contribution in [2.75, 3.05) is 52.6 Å². The Morgan fingerprint density at radius 1 is 1.21 bits per heavy atom. The zero-order valence-electron chi connectivity index (χ0n) is 19.4. The zero-order chi connectivity index (χ0) is 23.3. The molecule has 2 saturated heterocycles. The van der Waals surface area contributed by atoms with Crippen molar-refractivity contribution < 1.29 is 19.0 Å². The molecule has 9 heteroatoms. The second-order valence-corrected chi connectivity index (χ2v) is 9.20. The molecule has 0 radical (unpaired) electrons. The number of halogens is 1. The van der Waals surface area contributed by atoms with Crippen molar-refractivity contribution in [3.8, 4) is 5.75 Å². The maximum Gasteiger partial charge on any atom is 0.225 e. The third-order valence-electron chi connectivity index (χ3n) is 6.22. The van der Waals surface area contributed by atoms with Crippen LogP contribution in [0, 0.1) is 6.92 Å². The van der Waals surface area contributed by atoms with E-state index in [-0.39, 0.29) is 18.9 Å². The van der Waals surface area contributed by atoms with Gasteiger partial charge >= 0.3 is 0 Å². The van der Waals surface area contributed by atoms with E-state index in [0.29, 0.717) is 56.8 Å². The lowest BCUT2D eigenvalue weighted by Crippen LogP contribution is -2.57. The van der Waals surface area contributed by atoms with E-state index in [9.17, 15) is 4.79 Å². The number of ether oxygens (including phenoxy) is 3. The monoisotopic (exact) mass is 476 g/mol. The molecule has 2 fully saturated rings. The van der Waals surface area contributed by atoms with Crippen LogP contribution in [0.15, 0.2) is 24.3 Å². The first-order valence-electron chi connectivity index (χ1n) is 11.6. The Balaban J connectivity index is 1.49. The maximum atomic E-state index is 13.2. The third kappa shape index (κ3) is 6.26. The van der Waals surface area contributed by atoms with Gasteiger partial charge in [0.05, 0.1) is 31.9 Å². The Kier molecular flexibility index (Phi) is 7.90. The molecule has 2 aliphatic rings. The lowest BCUT2D eigenvalue weighted by atomic mass is 9.96. The van der Waals surface area contributed by atoms with Crippen LogP contribution in [-0.2, 0) is 27.2 Å². The SMILES string of the molecule is CCc1nc(CN2CCO[C@@](COc3ccc(Cl)cc3)(CC(=O)N3CCOCC3)C2)c(C)[nH]1. The molecule has 2 aromatic rings. The van der Waals surface area contributed by atoms with E-state index in [0.717, 1.165) is 30.2 Å². The van der Waals surface area contributed by atoms with E-state index < -0.39 is 5.60 Å². The standard InChI is InChI=1S/C24H33ClN4O4/c1-3-22-26-18(2)21(27-22)15-28-8-13-33-24(16-28,14-23(30)29-9-11-31-12-10-29)17-32-20-6-4-19(25)5-7-20/h4-7H,3,8-17H2,1-2H3,(H,26,27)/t24-/m0/s1. The molecule has 1 N–H and O–H groups in total. The molecule has 3 heterocycles. The van der Waals surface area contributed by atoms with E-state index in [4.69, 9.17) is 30.8 Å². The molecule has 1 aromatic heterocycles. The topological polar surface area (TPSA) is 79.9 Å². The van der Waals surface area contributed by atoms with Gasteiger partial charge in [-0.1, -0.05) is 18.5 Å². The number of aromatic amines is 1. The first-order chi connectivity index (χ1) is 16.0. The number of nitrogens with one attached hydrogen (secondary N) is 1. The van der Waals surface area contributed by atoms with Crippen molar-refractivity contribution in [3.05, 3.63) is 46.5 Å². The minimum absolute atomic E-state index is 0.0732. The van der Waals surface area contributed by atoms with Gasteiger partial charge in [-0.05, 0) is 31.2 Å². The summed E-state index contributed by atoms with van der Waals surface area (Å²) >= 11 is 6.01. The predicted molar refractivity (Wildman–Crippen MR) is 126 cm³/mol. The van der Waals surface area contributed by atoms with Gasteiger partial charge < -0.3 is 24.1 Å². The minimum atomic E-state index is -0.745. The molecular formula is C24H33ClN4O4.